The summed E-state index contributed by atoms with van der Waals surface area (Å²) in [5.74, 6) is -0.181. The van der Waals surface area contributed by atoms with E-state index in [2.05, 4.69) is 10.5 Å². The Hall–Kier alpha value is -2.19. The minimum atomic E-state index is -3.84. The fourth-order valence-electron chi connectivity index (χ4n) is 3.14. The van der Waals surface area contributed by atoms with E-state index in [0.717, 1.165) is 23.6 Å². The van der Waals surface area contributed by atoms with Gasteiger partial charge in [-0.25, -0.2) is 8.42 Å². The first-order chi connectivity index (χ1) is 11.8. The molecule has 0 unspecified atom stereocenters. The third kappa shape index (κ3) is 3.45. The fraction of sp³-hybridized carbons (Fsp3) is 0.412. The van der Waals surface area contributed by atoms with E-state index >= 15 is 0 Å². The molecule has 1 aromatic heterocycles. The quantitative estimate of drug-likeness (QED) is 0.877. The van der Waals surface area contributed by atoms with Crippen LogP contribution >= 0.6 is 0 Å². The Morgan fingerprint density at radius 2 is 2.00 bits per heavy atom. The molecule has 1 heterocycles. The number of aromatic nitrogens is 1. The fourth-order valence-corrected chi connectivity index (χ4v) is 4.55. The highest BCUT2D eigenvalue weighted by molar-refractivity contribution is 7.89. The van der Waals surface area contributed by atoms with Crippen LogP contribution in [0, 0.1) is 13.8 Å². The summed E-state index contributed by atoms with van der Waals surface area (Å²) in [6.45, 7) is 2.80. The number of anilines is 1. The normalized spacial score (nSPS) is 13.9. The van der Waals surface area contributed by atoms with Crippen molar-refractivity contribution in [3.63, 3.8) is 0 Å². The van der Waals surface area contributed by atoms with Gasteiger partial charge in [0.05, 0.1) is 6.54 Å². The van der Waals surface area contributed by atoms with Crippen LogP contribution in [0.4, 0.5) is 5.69 Å². The van der Waals surface area contributed by atoms with Gasteiger partial charge in [-0.05, 0) is 56.4 Å². The Labute approximate surface area is 147 Å². The van der Waals surface area contributed by atoms with Crippen molar-refractivity contribution in [3.05, 3.63) is 40.8 Å². The molecular weight excluding hydrogens is 342 g/mol. The molecule has 0 spiro atoms. The topological polar surface area (TPSA) is 92.5 Å². The number of hydrogen-bond acceptors (Lipinski definition) is 5. The largest absolute Gasteiger partial charge is 0.360 e. The molecule has 7 nitrogen and oxygen atoms in total. The van der Waals surface area contributed by atoms with Gasteiger partial charge in [0.1, 0.15) is 10.6 Å². The van der Waals surface area contributed by atoms with Crippen LogP contribution < -0.4 is 5.32 Å². The average Bonchev–Trinajstić information content (AvgIpc) is 3.13. The smallest absolute Gasteiger partial charge is 0.248 e. The van der Waals surface area contributed by atoms with E-state index in [1.165, 1.54) is 25.1 Å². The molecule has 0 saturated carbocycles. The minimum absolute atomic E-state index is 0.0142. The molecule has 1 aromatic carbocycles. The van der Waals surface area contributed by atoms with Gasteiger partial charge in [0.15, 0.2) is 5.76 Å². The summed E-state index contributed by atoms with van der Waals surface area (Å²) in [5.41, 5.74) is 3.53. The van der Waals surface area contributed by atoms with Crippen LogP contribution in [0.25, 0.3) is 0 Å². The van der Waals surface area contributed by atoms with Gasteiger partial charge in [-0.15, -0.1) is 0 Å². The monoisotopic (exact) mass is 363 g/mol. The van der Waals surface area contributed by atoms with E-state index in [-0.39, 0.29) is 22.9 Å². The lowest BCUT2D eigenvalue weighted by atomic mass is 10.1. The average molecular weight is 363 g/mol. The summed E-state index contributed by atoms with van der Waals surface area (Å²) in [4.78, 5) is 12.3. The lowest BCUT2D eigenvalue weighted by Gasteiger charge is -2.16. The van der Waals surface area contributed by atoms with E-state index in [0.29, 0.717) is 5.69 Å². The Morgan fingerprint density at radius 3 is 2.68 bits per heavy atom. The van der Waals surface area contributed by atoms with Crippen LogP contribution in [0.2, 0.25) is 0 Å². The summed E-state index contributed by atoms with van der Waals surface area (Å²) >= 11 is 0. The number of nitrogens with zero attached hydrogens (tertiary/aromatic N) is 2. The summed E-state index contributed by atoms with van der Waals surface area (Å²) < 4.78 is 31.2. The zero-order valence-corrected chi connectivity index (χ0v) is 15.3. The van der Waals surface area contributed by atoms with E-state index in [9.17, 15) is 13.2 Å². The Bertz CT molecular complexity index is 898. The van der Waals surface area contributed by atoms with E-state index < -0.39 is 15.9 Å². The highest BCUT2D eigenvalue weighted by Gasteiger charge is 2.29. The first kappa shape index (κ1) is 17.6. The maximum atomic E-state index is 12.6. The second-order valence-corrected chi connectivity index (χ2v) is 8.28. The SMILES string of the molecule is Cc1noc(C)c1S(=O)(=O)N(C)CC(=O)Nc1ccc2c(c1)CCC2. The molecule has 0 aliphatic heterocycles. The maximum Gasteiger partial charge on any atom is 0.248 e. The number of nitrogens with one attached hydrogen (secondary N) is 1. The van der Waals surface area contributed by atoms with Gasteiger partial charge >= 0.3 is 0 Å². The molecule has 0 atom stereocenters. The third-order valence-corrected chi connectivity index (χ3v) is 6.43. The Kier molecular flexibility index (Phi) is 4.66. The number of benzene rings is 1. The van der Waals surface area contributed by atoms with Gasteiger partial charge in [0.25, 0.3) is 0 Å². The molecule has 0 fully saturated rings. The van der Waals surface area contributed by atoms with Gasteiger partial charge in [0, 0.05) is 12.7 Å². The van der Waals surface area contributed by atoms with Crippen LogP contribution in [0.3, 0.4) is 0 Å². The van der Waals surface area contributed by atoms with E-state index in [4.69, 9.17) is 4.52 Å². The van der Waals surface area contributed by atoms with Gasteiger partial charge in [-0.1, -0.05) is 11.2 Å². The van der Waals surface area contributed by atoms with Crippen LogP contribution in [0.1, 0.15) is 29.0 Å². The lowest BCUT2D eigenvalue weighted by molar-refractivity contribution is -0.116. The number of carbonyl (C=O) groups excluding carboxylic acids is 1. The molecular formula is C17H21N3O4S. The predicted molar refractivity (Wildman–Crippen MR) is 92.9 cm³/mol. The molecule has 2 aromatic rings. The predicted octanol–water partition coefficient (Wildman–Crippen LogP) is 2.04. The van der Waals surface area contributed by atoms with Crippen molar-refractivity contribution < 1.29 is 17.7 Å². The number of carbonyl (C=O) groups is 1. The third-order valence-electron chi connectivity index (χ3n) is 4.38. The number of sulfonamides is 1. The van der Waals surface area contributed by atoms with Crippen molar-refractivity contribution in [1.29, 1.82) is 0 Å². The molecule has 1 aliphatic rings. The van der Waals surface area contributed by atoms with Crippen molar-refractivity contribution in [2.24, 2.45) is 0 Å². The molecule has 0 bridgehead atoms. The second kappa shape index (κ2) is 6.61. The summed E-state index contributed by atoms with van der Waals surface area (Å²) in [5, 5.41) is 6.43. The number of aryl methyl sites for hydroxylation is 4. The number of fused-ring (bicyclic) bond motifs is 1. The van der Waals surface area contributed by atoms with Crippen molar-refractivity contribution in [2.75, 3.05) is 18.9 Å². The van der Waals surface area contributed by atoms with Crippen molar-refractivity contribution >= 4 is 21.6 Å². The molecule has 1 amide bonds. The minimum Gasteiger partial charge on any atom is -0.360 e. The van der Waals surface area contributed by atoms with Gasteiger partial charge in [-0.2, -0.15) is 4.31 Å². The number of amides is 1. The maximum absolute atomic E-state index is 12.6. The van der Waals surface area contributed by atoms with Crippen LogP contribution in [-0.2, 0) is 27.7 Å². The Morgan fingerprint density at radius 1 is 1.28 bits per heavy atom. The molecule has 3 rings (SSSR count). The van der Waals surface area contributed by atoms with Gasteiger partial charge < -0.3 is 9.84 Å². The zero-order valence-electron chi connectivity index (χ0n) is 14.5. The molecule has 1 N–H and O–H groups in total. The Balaban J connectivity index is 1.70. The lowest BCUT2D eigenvalue weighted by Crippen LogP contribution is -2.35. The van der Waals surface area contributed by atoms with Crippen LogP contribution in [0.5, 0.6) is 0 Å². The molecule has 0 saturated heterocycles. The standard InChI is InChI=1S/C17H21N3O4S/c1-11-17(12(2)24-19-11)25(22,23)20(3)10-16(21)18-15-8-7-13-5-4-6-14(13)9-15/h7-9H,4-6,10H2,1-3H3,(H,18,21). The zero-order chi connectivity index (χ0) is 18.2. The molecule has 1 aliphatic carbocycles. The van der Waals surface area contributed by atoms with Gasteiger partial charge in [0.2, 0.25) is 15.9 Å². The molecule has 134 valence electrons. The van der Waals surface area contributed by atoms with Crippen molar-refractivity contribution in [2.45, 2.75) is 38.0 Å². The highest BCUT2D eigenvalue weighted by Crippen LogP contribution is 2.25. The van der Waals surface area contributed by atoms with Crippen molar-refractivity contribution in [1.82, 2.24) is 9.46 Å². The molecule has 25 heavy (non-hydrogen) atoms. The summed E-state index contributed by atoms with van der Waals surface area (Å²) in [7, 11) is -2.47. The number of likely N-dealkylation sites (N-methyl/N-ethyl adjacent to an activating group) is 1. The van der Waals surface area contributed by atoms with E-state index in [1.54, 1.807) is 6.92 Å². The van der Waals surface area contributed by atoms with Gasteiger partial charge in [-0.3, -0.25) is 4.79 Å². The second-order valence-electron chi connectivity index (χ2n) is 6.30. The van der Waals surface area contributed by atoms with E-state index in [1.807, 2.05) is 18.2 Å². The van der Waals surface area contributed by atoms with Crippen molar-refractivity contribution in [3.8, 4) is 0 Å². The first-order valence-electron chi connectivity index (χ1n) is 8.10. The molecule has 8 heteroatoms. The van der Waals surface area contributed by atoms with Crippen LogP contribution in [0.15, 0.2) is 27.6 Å². The first-order valence-corrected chi connectivity index (χ1v) is 9.54. The highest BCUT2D eigenvalue weighted by atomic mass is 32.2. The molecule has 0 radical (unpaired) electrons. The summed E-state index contributed by atoms with van der Waals surface area (Å²) in [6.07, 6.45) is 3.21. The summed E-state index contributed by atoms with van der Waals surface area (Å²) in [6, 6.07) is 5.83. The number of hydrogen-bond donors (Lipinski definition) is 1. The number of rotatable bonds is 5. The van der Waals surface area contributed by atoms with Crippen LogP contribution in [-0.4, -0.2) is 37.4 Å².